The largest absolute Gasteiger partial charge is 0.458 e. The van der Waals surface area contributed by atoms with E-state index in [1.807, 2.05) is 0 Å². The van der Waals surface area contributed by atoms with Crippen molar-refractivity contribution in [1.82, 2.24) is 10.2 Å². The first kappa shape index (κ1) is 19.0. The number of likely N-dealkylation sites (tertiary alicyclic amines) is 1. The number of ether oxygens (including phenoxy) is 1. The predicted octanol–water partition coefficient (Wildman–Crippen LogP) is 2.11. The fourth-order valence-electron chi connectivity index (χ4n) is 3.50. The molecule has 0 aromatic rings. The maximum atomic E-state index is 12.6. The minimum atomic E-state index is -4.53. The molecule has 2 rings (SSSR count). The topological polar surface area (TPSA) is 58.6 Å². The molecule has 0 aromatic carbocycles. The van der Waals surface area contributed by atoms with Crippen LogP contribution in [0.4, 0.5) is 13.2 Å². The molecule has 4 atom stereocenters. The quantitative estimate of drug-likeness (QED) is 0.792. The number of alkyl halides is 3. The molecule has 2 bridgehead atoms. The molecule has 24 heavy (non-hydrogen) atoms. The van der Waals surface area contributed by atoms with Crippen LogP contribution in [0.25, 0.3) is 0 Å². The fraction of sp³-hybridized carbons (Fsp3) is 0.875. The first-order valence-corrected chi connectivity index (χ1v) is 8.17. The Morgan fingerprint density at radius 1 is 1.21 bits per heavy atom. The van der Waals surface area contributed by atoms with Gasteiger partial charge in [-0.15, -0.1) is 0 Å². The number of nitrogens with zero attached hydrogens (tertiary/aromatic N) is 1. The smallest absolute Gasteiger partial charge is 0.397 e. The molecule has 2 aliphatic rings. The summed E-state index contributed by atoms with van der Waals surface area (Å²) in [6.07, 6.45) is -5.39. The average Bonchev–Trinajstić information content (AvgIpc) is 2.77. The molecule has 1 saturated carbocycles. The summed E-state index contributed by atoms with van der Waals surface area (Å²) in [5.74, 6) is -1.22. The summed E-state index contributed by atoms with van der Waals surface area (Å²) >= 11 is 0. The minimum Gasteiger partial charge on any atom is -0.458 e. The van der Waals surface area contributed by atoms with Crippen LogP contribution in [0.2, 0.25) is 0 Å². The van der Waals surface area contributed by atoms with E-state index in [0.29, 0.717) is 19.4 Å². The highest BCUT2D eigenvalue weighted by Gasteiger charge is 2.51. The molecule has 0 aromatic heterocycles. The standard InChI is InChI=1S/C16H25F3N2O3/c1-15(2,3)14(23)24-13-10(20-4)5-9-6-11(13)21(8-9)12(22)7-16(17,18)19/h9-11,13,20H,5-8H2,1-4H3. The Morgan fingerprint density at radius 3 is 2.33 bits per heavy atom. The van der Waals surface area contributed by atoms with E-state index in [2.05, 4.69) is 5.32 Å². The number of likely N-dealkylation sites (N-methyl/N-ethyl adjacent to an activating group) is 1. The lowest BCUT2D eigenvalue weighted by molar-refractivity contribution is -0.171. The van der Waals surface area contributed by atoms with Gasteiger partial charge in [-0.2, -0.15) is 13.2 Å². The lowest BCUT2D eigenvalue weighted by Gasteiger charge is -2.38. The van der Waals surface area contributed by atoms with Crippen molar-refractivity contribution in [2.24, 2.45) is 11.3 Å². The molecular weight excluding hydrogens is 325 g/mol. The van der Waals surface area contributed by atoms with Gasteiger partial charge in [-0.3, -0.25) is 9.59 Å². The van der Waals surface area contributed by atoms with Crippen LogP contribution in [0.1, 0.15) is 40.0 Å². The van der Waals surface area contributed by atoms with Crippen molar-refractivity contribution >= 4 is 11.9 Å². The molecule has 0 radical (unpaired) electrons. The van der Waals surface area contributed by atoms with Gasteiger partial charge in [-0.25, -0.2) is 0 Å². The van der Waals surface area contributed by atoms with Crippen LogP contribution >= 0.6 is 0 Å². The van der Waals surface area contributed by atoms with Crippen LogP contribution in [0.3, 0.4) is 0 Å². The van der Waals surface area contributed by atoms with Gasteiger partial charge in [-0.05, 0) is 46.6 Å². The molecule has 1 heterocycles. The highest BCUT2D eigenvalue weighted by molar-refractivity contribution is 5.78. The Balaban J connectivity index is 2.18. The molecule has 138 valence electrons. The van der Waals surface area contributed by atoms with E-state index in [-0.39, 0.29) is 12.0 Å². The molecule has 2 fully saturated rings. The summed E-state index contributed by atoms with van der Waals surface area (Å²) in [5.41, 5.74) is -0.714. The Bertz CT molecular complexity index is 502. The van der Waals surface area contributed by atoms with Gasteiger partial charge in [-0.1, -0.05) is 0 Å². The zero-order chi connectivity index (χ0) is 18.3. The molecule has 1 aliphatic heterocycles. The monoisotopic (exact) mass is 350 g/mol. The van der Waals surface area contributed by atoms with Gasteiger partial charge >= 0.3 is 12.1 Å². The van der Waals surface area contributed by atoms with Crippen molar-refractivity contribution in [3.63, 3.8) is 0 Å². The molecule has 1 aliphatic carbocycles. The Hall–Kier alpha value is -1.31. The molecule has 8 heteroatoms. The number of carbonyl (C=O) groups is 2. The van der Waals surface area contributed by atoms with E-state index in [4.69, 9.17) is 4.74 Å². The van der Waals surface area contributed by atoms with Crippen molar-refractivity contribution in [2.45, 2.75) is 64.4 Å². The van der Waals surface area contributed by atoms with Gasteiger partial charge in [0.05, 0.1) is 11.5 Å². The SMILES string of the molecule is CNC1CC2CC(C1OC(=O)C(C)(C)C)N(C(=O)CC(F)(F)F)C2. The second kappa shape index (κ2) is 6.54. The van der Waals surface area contributed by atoms with Crippen LogP contribution < -0.4 is 5.32 Å². The number of carbonyl (C=O) groups excluding carboxylic acids is 2. The number of esters is 1. The first-order valence-electron chi connectivity index (χ1n) is 8.17. The summed E-state index contributed by atoms with van der Waals surface area (Å²) in [5, 5.41) is 3.08. The summed E-state index contributed by atoms with van der Waals surface area (Å²) < 4.78 is 43.3. The van der Waals surface area contributed by atoms with Crippen molar-refractivity contribution in [2.75, 3.05) is 13.6 Å². The van der Waals surface area contributed by atoms with Gasteiger partial charge < -0.3 is 15.0 Å². The van der Waals surface area contributed by atoms with Gasteiger partial charge in [0.15, 0.2) is 0 Å². The highest BCUT2D eigenvalue weighted by atomic mass is 19.4. The lowest BCUT2D eigenvalue weighted by atomic mass is 9.84. The van der Waals surface area contributed by atoms with E-state index in [1.54, 1.807) is 27.8 Å². The number of hydrogen-bond donors (Lipinski definition) is 1. The van der Waals surface area contributed by atoms with Crippen LogP contribution in [0.15, 0.2) is 0 Å². The molecule has 1 saturated heterocycles. The number of hydrogen-bond acceptors (Lipinski definition) is 4. The summed E-state index contributed by atoms with van der Waals surface area (Å²) in [7, 11) is 1.73. The molecule has 4 unspecified atom stereocenters. The van der Waals surface area contributed by atoms with Crippen LogP contribution in [0.5, 0.6) is 0 Å². The number of nitrogens with one attached hydrogen (secondary N) is 1. The minimum absolute atomic E-state index is 0.134. The number of fused-ring (bicyclic) bond motifs is 2. The molecule has 0 spiro atoms. The third kappa shape index (κ3) is 4.20. The van der Waals surface area contributed by atoms with E-state index in [1.165, 1.54) is 4.90 Å². The number of halogens is 3. The van der Waals surface area contributed by atoms with Crippen molar-refractivity contribution < 1.29 is 27.5 Å². The second-order valence-electron chi connectivity index (χ2n) is 7.76. The van der Waals surface area contributed by atoms with Crippen LogP contribution in [-0.4, -0.2) is 54.7 Å². The Kier molecular flexibility index (Phi) is 5.18. The maximum Gasteiger partial charge on any atom is 0.397 e. The Labute approximate surface area is 139 Å². The molecular formula is C16H25F3N2O3. The van der Waals surface area contributed by atoms with Crippen LogP contribution in [-0.2, 0) is 14.3 Å². The van der Waals surface area contributed by atoms with Gasteiger partial charge in [0, 0.05) is 12.6 Å². The Morgan fingerprint density at radius 2 is 1.83 bits per heavy atom. The number of rotatable bonds is 3. The first-order chi connectivity index (χ1) is 10.9. The van der Waals surface area contributed by atoms with E-state index in [0.717, 1.165) is 0 Å². The van der Waals surface area contributed by atoms with Crippen LogP contribution in [0, 0.1) is 11.3 Å². The van der Waals surface area contributed by atoms with Gasteiger partial charge in [0.2, 0.25) is 5.91 Å². The highest BCUT2D eigenvalue weighted by Crippen LogP contribution is 2.39. The third-order valence-corrected chi connectivity index (χ3v) is 4.69. The average molecular weight is 350 g/mol. The molecule has 1 N–H and O–H groups in total. The van der Waals surface area contributed by atoms with Crippen molar-refractivity contribution in [3.05, 3.63) is 0 Å². The normalized spacial score (nSPS) is 30.4. The lowest BCUT2D eigenvalue weighted by Crippen LogP contribution is -2.55. The molecule has 5 nitrogen and oxygen atoms in total. The summed E-state index contributed by atoms with van der Waals surface area (Å²) in [6.45, 7) is 5.45. The van der Waals surface area contributed by atoms with E-state index in [9.17, 15) is 22.8 Å². The third-order valence-electron chi connectivity index (χ3n) is 4.69. The fourth-order valence-corrected chi connectivity index (χ4v) is 3.50. The van der Waals surface area contributed by atoms with Gasteiger partial charge in [0.1, 0.15) is 12.5 Å². The maximum absolute atomic E-state index is 12.6. The zero-order valence-electron chi connectivity index (χ0n) is 14.4. The van der Waals surface area contributed by atoms with E-state index < -0.39 is 42.0 Å². The zero-order valence-corrected chi connectivity index (χ0v) is 14.4. The summed E-state index contributed by atoms with van der Waals surface area (Å²) in [4.78, 5) is 25.6. The van der Waals surface area contributed by atoms with Crippen molar-refractivity contribution in [1.29, 1.82) is 0 Å². The molecule has 1 amide bonds. The second-order valence-corrected chi connectivity index (χ2v) is 7.76. The summed E-state index contributed by atoms with van der Waals surface area (Å²) in [6, 6.07) is -0.661. The van der Waals surface area contributed by atoms with Crippen molar-refractivity contribution in [3.8, 4) is 0 Å². The predicted molar refractivity (Wildman–Crippen MR) is 81.1 cm³/mol. The number of amides is 1. The van der Waals surface area contributed by atoms with E-state index >= 15 is 0 Å². The van der Waals surface area contributed by atoms with Gasteiger partial charge in [0.25, 0.3) is 0 Å².